The quantitative estimate of drug-likeness (QED) is 0.555. The molecule has 5 rings (SSSR count). The molecule has 4 heterocycles. The zero-order valence-corrected chi connectivity index (χ0v) is 23.2. The topological polar surface area (TPSA) is 57.6 Å². The Morgan fingerprint density at radius 1 is 1.08 bits per heavy atom. The predicted octanol–water partition coefficient (Wildman–Crippen LogP) is 5.51. The molecule has 7 heteroatoms. The monoisotopic (exact) mass is 512 g/mol. The van der Waals surface area contributed by atoms with Gasteiger partial charge in [0.1, 0.15) is 11.2 Å². The molecule has 0 unspecified atom stereocenters. The van der Waals surface area contributed by atoms with Crippen molar-refractivity contribution < 1.29 is 9.59 Å². The van der Waals surface area contributed by atoms with Crippen LogP contribution in [0.25, 0.3) is 10.2 Å². The van der Waals surface area contributed by atoms with Crippen molar-refractivity contribution in [3.05, 3.63) is 23.2 Å². The molecule has 2 amide bonds. The van der Waals surface area contributed by atoms with Gasteiger partial charge in [-0.1, -0.05) is 46.0 Å². The van der Waals surface area contributed by atoms with Crippen molar-refractivity contribution in [3.63, 3.8) is 0 Å². The molecule has 1 saturated carbocycles. The van der Waals surface area contributed by atoms with E-state index in [1.54, 1.807) is 11.3 Å². The number of hydrogen-bond donors (Lipinski definition) is 1. The lowest BCUT2D eigenvalue weighted by molar-refractivity contribution is -0.133. The molecule has 2 fully saturated rings. The van der Waals surface area contributed by atoms with E-state index in [4.69, 9.17) is 0 Å². The largest absolute Gasteiger partial charge is 0.351 e. The van der Waals surface area contributed by atoms with Crippen molar-refractivity contribution in [2.45, 2.75) is 96.7 Å². The Morgan fingerprint density at radius 3 is 2.50 bits per heavy atom. The number of likely N-dealkylation sites (tertiary alicyclic amines) is 1. The van der Waals surface area contributed by atoms with Gasteiger partial charge in [0.25, 0.3) is 5.91 Å². The van der Waals surface area contributed by atoms with Crippen molar-refractivity contribution in [1.29, 1.82) is 0 Å². The lowest BCUT2D eigenvalue weighted by Gasteiger charge is -2.45. The van der Waals surface area contributed by atoms with E-state index in [0.29, 0.717) is 13.1 Å². The second-order valence-corrected chi connectivity index (χ2v) is 13.0. The van der Waals surface area contributed by atoms with Gasteiger partial charge in [-0.05, 0) is 68.5 Å². The third-order valence-corrected chi connectivity index (χ3v) is 9.63. The van der Waals surface area contributed by atoms with Gasteiger partial charge in [0.2, 0.25) is 5.91 Å². The van der Waals surface area contributed by atoms with E-state index in [2.05, 4.69) is 40.1 Å². The number of nitrogens with zero attached hydrogens (tertiary/aromatic N) is 3. The number of hydrogen-bond acceptors (Lipinski definition) is 4. The fourth-order valence-electron chi connectivity index (χ4n) is 6.99. The van der Waals surface area contributed by atoms with Crippen molar-refractivity contribution in [2.24, 2.45) is 11.8 Å². The Hall–Kier alpha value is -1.86. The standard InChI is InChI=1S/C29H44N4O2S/c1-21-16-22(2)19-31(18-21)13-9-14-33-27(34)25-17-26-24(12-15-36-26)32(25)20-29(33,3)28(35)30-23-10-7-5-4-6-8-11-23/h12,15,17,21-23H,4-11,13-14,16,18-20H2,1-3H3,(H,30,35)/t21-,22+,29-/m1/s1. The summed E-state index contributed by atoms with van der Waals surface area (Å²) < 4.78 is 3.22. The Morgan fingerprint density at radius 2 is 1.78 bits per heavy atom. The van der Waals surface area contributed by atoms with E-state index in [-0.39, 0.29) is 17.9 Å². The van der Waals surface area contributed by atoms with Crippen LogP contribution < -0.4 is 5.32 Å². The molecular formula is C29H44N4O2S. The van der Waals surface area contributed by atoms with Crippen LogP contribution in [0.5, 0.6) is 0 Å². The second kappa shape index (κ2) is 10.9. The average molecular weight is 513 g/mol. The van der Waals surface area contributed by atoms with Gasteiger partial charge in [0.05, 0.1) is 16.8 Å². The van der Waals surface area contributed by atoms with Crippen LogP contribution in [0.2, 0.25) is 0 Å². The Bertz CT molecular complexity index is 1060. The molecule has 1 aliphatic carbocycles. The lowest BCUT2D eigenvalue weighted by Crippen LogP contribution is -2.65. The van der Waals surface area contributed by atoms with Gasteiger partial charge in [-0.2, -0.15) is 0 Å². The molecule has 3 atom stereocenters. The van der Waals surface area contributed by atoms with Crippen LogP contribution in [0.3, 0.4) is 0 Å². The summed E-state index contributed by atoms with van der Waals surface area (Å²) >= 11 is 1.66. The number of thiophene rings is 1. The molecule has 198 valence electrons. The van der Waals surface area contributed by atoms with E-state index in [1.807, 2.05) is 17.9 Å². The van der Waals surface area contributed by atoms with E-state index in [9.17, 15) is 9.59 Å². The molecule has 2 aromatic heterocycles. The summed E-state index contributed by atoms with van der Waals surface area (Å²) in [5.41, 5.74) is 0.917. The maximum absolute atomic E-state index is 14.0. The summed E-state index contributed by atoms with van der Waals surface area (Å²) in [5, 5.41) is 5.48. The molecule has 2 aromatic rings. The zero-order valence-electron chi connectivity index (χ0n) is 22.4. The van der Waals surface area contributed by atoms with Crippen molar-refractivity contribution in [1.82, 2.24) is 19.7 Å². The number of piperidine rings is 1. The molecule has 0 radical (unpaired) electrons. The summed E-state index contributed by atoms with van der Waals surface area (Å²) in [5.74, 6) is 1.47. The van der Waals surface area contributed by atoms with E-state index in [0.717, 1.165) is 66.6 Å². The second-order valence-electron chi connectivity index (χ2n) is 12.1. The Balaban J connectivity index is 1.35. The first-order valence-electron chi connectivity index (χ1n) is 14.3. The minimum Gasteiger partial charge on any atom is -0.351 e. The minimum absolute atomic E-state index is 0.000321. The fraction of sp³-hybridized carbons (Fsp3) is 0.724. The van der Waals surface area contributed by atoms with Crippen LogP contribution in [0, 0.1) is 11.8 Å². The van der Waals surface area contributed by atoms with Crippen molar-refractivity contribution >= 4 is 33.4 Å². The third kappa shape index (κ3) is 5.24. The normalized spacial score (nSPS) is 28.6. The molecule has 6 nitrogen and oxygen atoms in total. The number of amides is 2. The van der Waals surface area contributed by atoms with Gasteiger partial charge in [-0.25, -0.2) is 0 Å². The number of nitrogens with one attached hydrogen (secondary N) is 1. The first-order chi connectivity index (χ1) is 17.3. The first-order valence-corrected chi connectivity index (χ1v) is 15.1. The van der Waals surface area contributed by atoms with Crippen molar-refractivity contribution in [2.75, 3.05) is 26.2 Å². The summed E-state index contributed by atoms with van der Waals surface area (Å²) in [6.45, 7) is 11.1. The van der Waals surface area contributed by atoms with Crippen LogP contribution >= 0.6 is 11.3 Å². The summed E-state index contributed by atoms with van der Waals surface area (Å²) in [4.78, 5) is 32.3. The van der Waals surface area contributed by atoms with Gasteiger partial charge < -0.3 is 19.7 Å². The van der Waals surface area contributed by atoms with Gasteiger partial charge >= 0.3 is 0 Å². The summed E-state index contributed by atoms with van der Waals surface area (Å²) in [6, 6.07) is 4.32. The SMILES string of the molecule is C[C@@H]1C[C@H](C)CN(CCCN2C(=O)c3cc4sccc4n3C[C@]2(C)C(=O)NC2CCCCCCC2)C1. The fourth-order valence-corrected chi connectivity index (χ4v) is 7.81. The van der Waals surface area contributed by atoms with E-state index >= 15 is 0 Å². The van der Waals surface area contributed by atoms with E-state index in [1.165, 1.54) is 38.5 Å². The highest BCUT2D eigenvalue weighted by Gasteiger charge is 2.48. The summed E-state index contributed by atoms with van der Waals surface area (Å²) in [7, 11) is 0. The highest BCUT2D eigenvalue weighted by atomic mass is 32.1. The van der Waals surface area contributed by atoms with Gasteiger partial charge in [0.15, 0.2) is 0 Å². The number of aromatic nitrogens is 1. The number of carbonyl (C=O) groups excluding carboxylic acids is 2. The minimum atomic E-state index is -0.886. The van der Waals surface area contributed by atoms with Crippen LogP contribution in [-0.2, 0) is 11.3 Å². The molecule has 0 aromatic carbocycles. The van der Waals surface area contributed by atoms with Gasteiger partial charge in [0, 0.05) is 25.7 Å². The predicted molar refractivity (Wildman–Crippen MR) is 148 cm³/mol. The number of rotatable bonds is 6. The number of carbonyl (C=O) groups is 2. The van der Waals surface area contributed by atoms with Crippen LogP contribution in [0.1, 0.15) is 89.0 Å². The Labute approximate surface area is 220 Å². The van der Waals surface area contributed by atoms with Gasteiger partial charge in [-0.3, -0.25) is 9.59 Å². The van der Waals surface area contributed by atoms with Crippen LogP contribution in [0.15, 0.2) is 17.5 Å². The highest BCUT2D eigenvalue weighted by Crippen LogP contribution is 2.35. The maximum atomic E-state index is 14.0. The molecule has 2 aliphatic heterocycles. The summed E-state index contributed by atoms with van der Waals surface area (Å²) in [6.07, 6.45) is 10.5. The van der Waals surface area contributed by atoms with Crippen molar-refractivity contribution in [3.8, 4) is 0 Å². The average Bonchev–Trinajstić information content (AvgIpc) is 3.39. The first kappa shape index (κ1) is 25.8. The molecule has 1 N–H and O–H groups in total. The molecule has 3 aliphatic rings. The zero-order chi connectivity index (χ0) is 25.3. The maximum Gasteiger partial charge on any atom is 0.271 e. The molecule has 0 bridgehead atoms. The smallest absolute Gasteiger partial charge is 0.271 e. The van der Waals surface area contributed by atoms with E-state index < -0.39 is 5.54 Å². The van der Waals surface area contributed by atoms with Gasteiger partial charge in [-0.15, -0.1) is 11.3 Å². The lowest BCUT2D eigenvalue weighted by atomic mass is 9.91. The number of fused-ring (bicyclic) bond motifs is 3. The van der Waals surface area contributed by atoms with Crippen LogP contribution in [-0.4, -0.2) is 63.9 Å². The Kier molecular flexibility index (Phi) is 7.78. The van der Waals surface area contributed by atoms with Crippen LogP contribution in [0.4, 0.5) is 0 Å². The molecule has 0 spiro atoms. The highest BCUT2D eigenvalue weighted by molar-refractivity contribution is 7.17. The third-order valence-electron chi connectivity index (χ3n) is 8.78. The molecule has 1 saturated heterocycles. The molecular weight excluding hydrogens is 468 g/mol. The molecule has 36 heavy (non-hydrogen) atoms.